The molecule has 0 saturated carbocycles. The van der Waals surface area contributed by atoms with Crippen molar-refractivity contribution in [1.29, 1.82) is 0 Å². The fourth-order valence-electron chi connectivity index (χ4n) is 2.16. The number of halogens is 21. The van der Waals surface area contributed by atoms with Crippen molar-refractivity contribution in [3.63, 3.8) is 0 Å². The molecule has 0 atom stereocenters. The zero-order chi connectivity index (χ0) is 32.5. The van der Waals surface area contributed by atoms with Gasteiger partial charge in [0.15, 0.2) is 0 Å². The van der Waals surface area contributed by atoms with Crippen molar-refractivity contribution >= 4 is 10.0 Å². The first kappa shape index (κ1) is 37.4. The molecule has 0 spiro atoms. The SMILES string of the molecule is CN(CCO)S(=O)(=O)C(F)(F)C(F)(F)C(F)(F)C(F)(F)C(F)(F)C(F)(F)C(F)(F)C(F)(F)C(F)(F)C(F)(F)F. The van der Waals surface area contributed by atoms with Gasteiger partial charge in [-0.3, -0.25) is 0 Å². The van der Waals surface area contributed by atoms with Gasteiger partial charge in [-0.05, 0) is 0 Å². The molecule has 39 heavy (non-hydrogen) atoms. The van der Waals surface area contributed by atoms with Crippen LogP contribution in [-0.2, 0) is 10.0 Å². The van der Waals surface area contributed by atoms with Crippen LogP contribution in [0.3, 0.4) is 0 Å². The van der Waals surface area contributed by atoms with Gasteiger partial charge in [-0.2, -0.15) is 96.5 Å². The lowest BCUT2D eigenvalue weighted by molar-refractivity contribution is -0.472. The van der Waals surface area contributed by atoms with Crippen LogP contribution in [0.15, 0.2) is 0 Å². The zero-order valence-electron chi connectivity index (χ0n) is 17.5. The van der Waals surface area contributed by atoms with Gasteiger partial charge in [-0.25, -0.2) is 8.42 Å². The number of hydrogen-bond donors (Lipinski definition) is 1. The lowest BCUT2D eigenvalue weighted by Gasteiger charge is -2.44. The van der Waals surface area contributed by atoms with Crippen LogP contribution in [0.5, 0.6) is 0 Å². The van der Waals surface area contributed by atoms with Crippen molar-refractivity contribution in [2.75, 3.05) is 20.2 Å². The molecule has 4 nitrogen and oxygen atoms in total. The molecule has 0 aliphatic carbocycles. The first-order chi connectivity index (χ1) is 16.5. The molecule has 0 unspecified atom stereocenters. The van der Waals surface area contributed by atoms with Crippen LogP contribution < -0.4 is 0 Å². The number of aliphatic hydroxyl groups excluding tert-OH is 1. The molecule has 236 valence electrons. The van der Waals surface area contributed by atoms with Gasteiger partial charge in [0, 0.05) is 13.6 Å². The maximum Gasteiger partial charge on any atom is 0.460 e. The van der Waals surface area contributed by atoms with Crippen molar-refractivity contribution in [1.82, 2.24) is 4.31 Å². The molecular weight excluding hydrogens is 649 g/mol. The fraction of sp³-hybridized carbons (Fsp3) is 1.00. The van der Waals surface area contributed by atoms with Gasteiger partial charge in [-0.1, -0.05) is 0 Å². The van der Waals surface area contributed by atoms with Crippen LogP contribution >= 0.6 is 0 Å². The van der Waals surface area contributed by atoms with Crippen LogP contribution in [0.25, 0.3) is 0 Å². The molecule has 0 aromatic carbocycles. The summed E-state index contributed by atoms with van der Waals surface area (Å²) in [5.74, 6) is -72.4. The predicted molar refractivity (Wildman–Crippen MR) is 79.2 cm³/mol. The molecule has 0 heterocycles. The Hall–Kier alpha value is -1.60. The maximum absolute atomic E-state index is 13.8. The van der Waals surface area contributed by atoms with Crippen LogP contribution in [0.1, 0.15) is 0 Å². The Morgan fingerprint density at radius 2 is 0.718 bits per heavy atom. The Balaban J connectivity index is 7.26. The van der Waals surface area contributed by atoms with Crippen LogP contribution in [0, 0.1) is 0 Å². The summed E-state index contributed by atoms with van der Waals surface area (Å²) in [5.41, 5.74) is 0. The van der Waals surface area contributed by atoms with E-state index in [-0.39, 0.29) is 7.05 Å². The topological polar surface area (TPSA) is 57.6 Å². The Labute approximate surface area is 200 Å². The summed E-state index contributed by atoms with van der Waals surface area (Å²) >= 11 is 0. The van der Waals surface area contributed by atoms with Crippen molar-refractivity contribution in [3.05, 3.63) is 0 Å². The molecule has 1 N–H and O–H groups in total. The number of nitrogens with zero attached hydrogens (tertiary/aromatic N) is 1. The van der Waals surface area contributed by atoms with Gasteiger partial charge >= 0.3 is 58.8 Å². The van der Waals surface area contributed by atoms with Crippen molar-refractivity contribution in [2.45, 2.75) is 58.8 Å². The maximum atomic E-state index is 13.8. The second-order valence-electron chi connectivity index (χ2n) is 7.16. The Morgan fingerprint density at radius 1 is 0.487 bits per heavy atom. The summed E-state index contributed by atoms with van der Waals surface area (Å²) in [6.45, 7) is -3.39. The number of aliphatic hydroxyl groups is 1. The molecular formula is C13H8F21NO3S. The summed E-state index contributed by atoms with van der Waals surface area (Å²) in [6, 6.07) is 0. The zero-order valence-corrected chi connectivity index (χ0v) is 18.3. The molecule has 0 aliphatic heterocycles. The monoisotopic (exact) mass is 657 g/mol. The van der Waals surface area contributed by atoms with E-state index in [1.165, 1.54) is 0 Å². The first-order valence-corrected chi connectivity index (χ1v) is 9.96. The second-order valence-corrected chi connectivity index (χ2v) is 9.25. The Kier molecular flexibility index (Phi) is 9.08. The normalized spacial score (nSPS) is 16.7. The highest BCUT2D eigenvalue weighted by atomic mass is 32.2. The van der Waals surface area contributed by atoms with Gasteiger partial charge < -0.3 is 5.11 Å². The molecule has 0 aromatic rings. The lowest BCUT2D eigenvalue weighted by Crippen LogP contribution is -2.77. The molecule has 0 aliphatic rings. The number of alkyl halides is 21. The largest absolute Gasteiger partial charge is 0.460 e. The van der Waals surface area contributed by atoms with E-state index in [1.807, 2.05) is 0 Å². The molecule has 0 bridgehead atoms. The van der Waals surface area contributed by atoms with Gasteiger partial charge in [0.1, 0.15) is 0 Å². The highest BCUT2D eigenvalue weighted by Gasteiger charge is 2.98. The summed E-state index contributed by atoms with van der Waals surface area (Å²) in [7, 11) is -7.80. The summed E-state index contributed by atoms with van der Waals surface area (Å²) in [4.78, 5) is 0. The van der Waals surface area contributed by atoms with E-state index in [4.69, 9.17) is 5.11 Å². The minimum absolute atomic E-state index is 0.280. The average Bonchev–Trinajstić information content (AvgIpc) is 2.71. The quantitative estimate of drug-likeness (QED) is 0.283. The third kappa shape index (κ3) is 4.54. The van der Waals surface area contributed by atoms with Gasteiger partial charge in [0.25, 0.3) is 10.0 Å². The molecule has 26 heteroatoms. The standard InChI is InChI=1S/C13H8F21NO3S/c1-35(2-3-36)39(37,38)13(33,34)11(28,29)9(24,25)7(20,21)5(16,17)4(14,15)6(18,19)8(22,23)10(26,27)12(30,31)32/h36H,2-3H2,1H3. The number of sulfonamides is 1. The molecule has 0 rings (SSSR count). The molecule has 0 amide bonds. The van der Waals surface area contributed by atoms with E-state index in [2.05, 4.69) is 0 Å². The van der Waals surface area contributed by atoms with Gasteiger partial charge in [0.05, 0.1) is 6.61 Å². The van der Waals surface area contributed by atoms with E-state index in [0.29, 0.717) is 0 Å². The van der Waals surface area contributed by atoms with Crippen LogP contribution in [-0.4, -0.2) is 96.8 Å². The van der Waals surface area contributed by atoms with Crippen molar-refractivity contribution < 1.29 is 106 Å². The summed E-state index contributed by atoms with van der Waals surface area (Å²) in [6.07, 6.45) is -8.08. The van der Waals surface area contributed by atoms with Crippen molar-refractivity contribution in [3.8, 4) is 0 Å². The molecule has 0 aromatic heterocycles. The highest BCUT2D eigenvalue weighted by Crippen LogP contribution is 2.66. The van der Waals surface area contributed by atoms with E-state index in [0.717, 1.165) is 0 Å². The van der Waals surface area contributed by atoms with E-state index in [9.17, 15) is 101 Å². The third-order valence-corrected chi connectivity index (χ3v) is 6.54. The predicted octanol–water partition coefficient (Wildman–Crippen LogP) is 5.48. The van der Waals surface area contributed by atoms with Crippen LogP contribution in [0.4, 0.5) is 92.2 Å². The van der Waals surface area contributed by atoms with Crippen LogP contribution in [0.2, 0.25) is 0 Å². The summed E-state index contributed by atoms with van der Waals surface area (Å²) < 4.78 is 300. The molecule has 0 fully saturated rings. The number of rotatable bonds is 12. The first-order valence-electron chi connectivity index (χ1n) is 8.52. The average molecular weight is 657 g/mol. The smallest absolute Gasteiger partial charge is 0.395 e. The van der Waals surface area contributed by atoms with E-state index >= 15 is 0 Å². The second kappa shape index (κ2) is 9.47. The number of hydrogen-bond acceptors (Lipinski definition) is 3. The minimum Gasteiger partial charge on any atom is -0.395 e. The minimum atomic E-state index is -9.36. The third-order valence-electron chi connectivity index (χ3n) is 4.63. The lowest BCUT2D eigenvalue weighted by atomic mass is 9.87. The summed E-state index contributed by atoms with van der Waals surface area (Å²) in [5, 5.41) is 0.537. The Bertz CT molecular complexity index is 1000. The van der Waals surface area contributed by atoms with Gasteiger partial charge in [-0.15, -0.1) is 0 Å². The molecule has 0 saturated heterocycles. The van der Waals surface area contributed by atoms with E-state index < -0.39 is 86.3 Å². The number of likely N-dealkylation sites (N-methyl/N-ethyl adjacent to an activating group) is 1. The van der Waals surface area contributed by atoms with E-state index in [1.54, 1.807) is 0 Å². The highest BCUT2D eigenvalue weighted by molar-refractivity contribution is 7.90. The molecule has 0 radical (unpaired) electrons. The van der Waals surface area contributed by atoms with Crippen molar-refractivity contribution in [2.24, 2.45) is 0 Å². The Morgan fingerprint density at radius 3 is 0.949 bits per heavy atom. The fourth-order valence-corrected chi connectivity index (χ4v) is 3.33. The van der Waals surface area contributed by atoms with Gasteiger partial charge in [0.2, 0.25) is 0 Å².